The lowest BCUT2D eigenvalue weighted by Crippen LogP contribution is -2.33. The van der Waals surface area contributed by atoms with Crippen molar-refractivity contribution in [3.63, 3.8) is 0 Å². The molecule has 0 unspecified atom stereocenters. The summed E-state index contributed by atoms with van der Waals surface area (Å²) in [5.41, 5.74) is 5.86. The van der Waals surface area contributed by atoms with Crippen molar-refractivity contribution in [3.05, 3.63) is 131 Å². The fourth-order valence-corrected chi connectivity index (χ4v) is 4.54. The van der Waals surface area contributed by atoms with E-state index in [-0.39, 0.29) is 6.04 Å². The summed E-state index contributed by atoms with van der Waals surface area (Å²) in [5.74, 6) is 0.941. The van der Waals surface area contributed by atoms with E-state index in [1.165, 1.54) is 27.1 Å². The van der Waals surface area contributed by atoms with Crippen molar-refractivity contribution < 1.29 is 0 Å². The molecule has 4 heteroatoms. The highest BCUT2D eigenvalue weighted by Crippen LogP contribution is 2.24. The van der Waals surface area contributed by atoms with Crippen LogP contribution in [0.5, 0.6) is 0 Å². The maximum Gasteiger partial charge on any atom is 0.171 e. The fraction of sp³-hybridized carbons (Fsp3) is 0.107. The Labute approximate surface area is 200 Å². The SMILES string of the molecule is Cc1ccc([C@@H](NC(=S)Nc2ccc(CSc3ccccc3)cc2)c2ccccc2)cc1. The van der Waals surface area contributed by atoms with Crippen molar-refractivity contribution >= 4 is 34.8 Å². The number of thioether (sulfide) groups is 1. The lowest BCUT2D eigenvalue weighted by Gasteiger charge is -2.22. The Balaban J connectivity index is 1.40. The zero-order valence-corrected chi connectivity index (χ0v) is 19.6. The quantitative estimate of drug-likeness (QED) is 0.225. The summed E-state index contributed by atoms with van der Waals surface area (Å²) in [5, 5.41) is 7.44. The van der Waals surface area contributed by atoms with E-state index in [0.717, 1.165) is 11.4 Å². The van der Waals surface area contributed by atoms with Crippen LogP contribution in [0.2, 0.25) is 0 Å². The number of hydrogen-bond acceptors (Lipinski definition) is 2. The third kappa shape index (κ3) is 6.22. The lowest BCUT2D eigenvalue weighted by atomic mass is 9.98. The summed E-state index contributed by atoms with van der Waals surface area (Å²) in [6, 6.07) is 37.9. The largest absolute Gasteiger partial charge is 0.352 e. The highest BCUT2D eigenvalue weighted by Gasteiger charge is 2.15. The molecule has 0 aliphatic carbocycles. The summed E-state index contributed by atoms with van der Waals surface area (Å²) >= 11 is 7.50. The Kier molecular flexibility index (Phi) is 7.59. The van der Waals surface area contributed by atoms with Crippen LogP contribution in [0.4, 0.5) is 5.69 Å². The van der Waals surface area contributed by atoms with E-state index in [0.29, 0.717) is 5.11 Å². The van der Waals surface area contributed by atoms with Crippen molar-refractivity contribution in [2.75, 3.05) is 5.32 Å². The average Bonchev–Trinajstić information content (AvgIpc) is 2.84. The first-order valence-corrected chi connectivity index (χ1v) is 12.0. The number of benzene rings is 4. The first-order chi connectivity index (χ1) is 15.7. The smallest absolute Gasteiger partial charge is 0.171 e. The molecule has 1 atom stereocenters. The molecule has 0 heterocycles. The van der Waals surface area contributed by atoms with E-state index in [2.05, 4.69) is 115 Å². The second kappa shape index (κ2) is 11.0. The van der Waals surface area contributed by atoms with Gasteiger partial charge in [-0.3, -0.25) is 0 Å². The highest BCUT2D eigenvalue weighted by molar-refractivity contribution is 7.98. The maximum atomic E-state index is 5.66. The van der Waals surface area contributed by atoms with Gasteiger partial charge in [-0.25, -0.2) is 0 Å². The molecule has 0 aliphatic rings. The Morgan fingerprint density at radius 2 is 1.34 bits per heavy atom. The monoisotopic (exact) mass is 454 g/mol. The van der Waals surface area contributed by atoms with E-state index in [9.17, 15) is 0 Å². The third-order valence-corrected chi connectivity index (χ3v) is 6.48. The third-order valence-electron chi connectivity index (χ3n) is 5.18. The molecule has 4 rings (SSSR count). The number of rotatable bonds is 7. The molecule has 4 aromatic rings. The molecule has 0 radical (unpaired) electrons. The molecule has 2 N–H and O–H groups in total. The van der Waals surface area contributed by atoms with Crippen molar-refractivity contribution in [2.45, 2.75) is 23.6 Å². The number of thiocarbonyl (C=S) groups is 1. The van der Waals surface area contributed by atoms with Crippen molar-refractivity contribution in [3.8, 4) is 0 Å². The first-order valence-electron chi connectivity index (χ1n) is 10.6. The molecular formula is C28H26N2S2. The van der Waals surface area contributed by atoms with Crippen LogP contribution in [0.25, 0.3) is 0 Å². The van der Waals surface area contributed by atoms with Gasteiger partial charge < -0.3 is 10.6 Å². The lowest BCUT2D eigenvalue weighted by molar-refractivity contribution is 0.768. The Hall–Kier alpha value is -3.08. The topological polar surface area (TPSA) is 24.1 Å². The summed E-state index contributed by atoms with van der Waals surface area (Å²) in [6.45, 7) is 2.10. The van der Waals surface area contributed by atoms with Crippen molar-refractivity contribution in [1.29, 1.82) is 0 Å². The van der Waals surface area contributed by atoms with Gasteiger partial charge in [0, 0.05) is 16.3 Å². The van der Waals surface area contributed by atoms with Gasteiger partial charge in [0.2, 0.25) is 0 Å². The molecule has 160 valence electrons. The maximum absolute atomic E-state index is 5.66. The minimum absolute atomic E-state index is 0.0154. The predicted molar refractivity (Wildman–Crippen MR) is 141 cm³/mol. The van der Waals surface area contributed by atoms with Gasteiger partial charge in [0.05, 0.1) is 6.04 Å². The van der Waals surface area contributed by atoms with Gasteiger partial charge in [0.25, 0.3) is 0 Å². The number of aryl methyl sites for hydroxylation is 1. The predicted octanol–water partition coefficient (Wildman–Crippen LogP) is 7.36. The van der Waals surface area contributed by atoms with Gasteiger partial charge >= 0.3 is 0 Å². The van der Waals surface area contributed by atoms with Crippen LogP contribution in [0.1, 0.15) is 28.3 Å². The molecule has 0 saturated heterocycles. The molecule has 4 aromatic carbocycles. The summed E-state index contributed by atoms with van der Waals surface area (Å²) in [7, 11) is 0. The van der Waals surface area contributed by atoms with Gasteiger partial charge in [-0.1, -0.05) is 90.5 Å². The Morgan fingerprint density at radius 3 is 2.00 bits per heavy atom. The molecule has 32 heavy (non-hydrogen) atoms. The van der Waals surface area contributed by atoms with Gasteiger partial charge in [-0.05, 0) is 60.1 Å². The van der Waals surface area contributed by atoms with Crippen molar-refractivity contribution in [1.82, 2.24) is 5.32 Å². The Bertz CT molecular complexity index is 1130. The summed E-state index contributed by atoms with van der Waals surface area (Å²) in [6.07, 6.45) is 0. The molecule has 0 spiro atoms. The first kappa shape index (κ1) is 22.1. The number of hydrogen-bond donors (Lipinski definition) is 2. The Morgan fingerprint density at radius 1 is 0.750 bits per heavy atom. The molecule has 0 amide bonds. The molecule has 0 aromatic heterocycles. The summed E-state index contributed by atoms with van der Waals surface area (Å²) < 4.78 is 0. The van der Waals surface area contributed by atoms with Crippen LogP contribution in [-0.2, 0) is 5.75 Å². The number of anilines is 1. The van der Waals surface area contributed by atoms with Crippen LogP contribution in [0.3, 0.4) is 0 Å². The van der Waals surface area contributed by atoms with Gasteiger partial charge in [0.1, 0.15) is 0 Å². The molecular weight excluding hydrogens is 428 g/mol. The molecule has 0 bridgehead atoms. The van der Waals surface area contributed by atoms with Gasteiger partial charge in [0.15, 0.2) is 5.11 Å². The van der Waals surface area contributed by atoms with Crippen LogP contribution >= 0.6 is 24.0 Å². The summed E-state index contributed by atoms with van der Waals surface area (Å²) in [4.78, 5) is 1.28. The average molecular weight is 455 g/mol. The van der Waals surface area contributed by atoms with Gasteiger partial charge in [-0.2, -0.15) is 0 Å². The second-order valence-corrected chi connectivity index (χ2v) is 9.11. The van der Waals surface area contributed by atoms with E-state index >= 15 is 0 Å². The van der Waals surface area contributed by atoms with Crippen LogP contribution in [0.15, 0.2) is 114 Å². The van der Waals surface area contributed by atoms with Crippen LogP contribution in [0, 0.1) is 6.92 Å². The normalized spacial score (nSPS) is 11.5. The van der Waals surface area contributed by atoms with Crippen LogP contribution in [-0.4, -0.2) is 5.11 Å². The minimum Gasteiger partial charge on any atom is -0.352 e. The molecule has 0 fully saturated rings. The zero-order chi connectivity index (χ0) is 22.2. The minimum atomic E-state index is -0.0154. The molecule has 0 saturated carbocycles. The standard InChI is InChI=1S/C28H26N2S2/c1-21-12-16-24(17-13-21)27(23-8-4-2-5-9-23)30-28(31)29-25-18-14-22(15-19-25)20-32-26-10-6-3-7-11-26/h2-19,27H,20H2,1H3,(H2,29,30,31)/t27-/m0/s1. The highest BCUT2D eigenvalue weighted by atomic mass is 32.2. The van der Waals surface area contributed by atoms with Crippen LogP contribution < -0.4 is 10.6 Å². The zero-order valence-electron chi connectivity index (χ0n) is 18.0. The van der Waals surface area contributed by atoms with E-state index < -0.39 is 0 Å². The van der Waals surface area contributed by atoms with E-state index in [1.54, 1.807) is 0 Å². The molecule has 2 nitrogen and oxygen atoms in total. The fourth-order valence-electron chi connectivity index (χ4n) is 3.43. The van der Waals surface area contributed by atoms with Gasteiger partial charge in [-0.15, -0.1) is 11.8 Å². The van der Waals surface area contributed by atoms with E-state index in [1.807, 2.05) is 23.9 Å². The second-order valence-electron chi connectivity index (χ2n) is 7.65. The van der Waals surface area contributed by atoms with E-state index in [4.69, 9.17) is 12.2 Å². The van der Waals surface area contributed by atoms with Crippen molar-refractivity contribution in [2.24, 2.45) is 0 Å². The molecule has 0 aliphatic heterocycles. The number of nitrogens with one attached hydrogen (secondary N) is 2.